The summed E-state index contributed by atoms with van der Waals surface area (Å²) in [5.74, 6) is 7.95. The van der Waals surface area contributed by atoms with Crippen LogP contribution in [0, 0.1) is 31.6 Å². The van der Waals surface area contributed by atoms with Gasteiger partial charge in [0.25, 0.3) is 0 Å². The van der Waals surface area contributed by atoms with Gasteiger partial charge in [0.1, 0.15) is 5.75 Å². The predicted molar refractivity (Wildman–Crippen MR) is 243 cm³/mol. The summed E-state index contributed by atoms with van der Waals surface area (Å²) < 4.78 is 8.62. The van der Waals surface area contributed by atoms with Crippen LogP contribution >= 0.6 is 45.3 Å². The van der Waals surface area contributed by atoms with Crippen molar-refractivity contribution in [3.63, 3.8) is 0 Å². The summed E-state index contributed by atoms with van der Waals surface area (Å²) in [5, 5.41) is 9.07. The van der Waals surface area contributed by atoms with Crippen molar-refractivity contribution in [1.29, 1.82) is 0 Å². The standard InChI is InChI=1S/C48H51NOS4/c1-9-11-23-48(8,10-2)45-22-21-42(52-45)44-28-37-32(6)26-38-39(47(37)54-44)25-31(5)36-27-43(53-46(36)38)41-20-19-40(51-41)33(7)49-24-13-12-14-34-15-17-35(18-16-34)50-29-30(3)4/h15-22,25-28,30,49H,7,10,12-14,23-24,29H2,1-6,8H3. The summed E-state index contributed by atoms with van der Waals surface area (Å²) in [7, 11) is 0. The minimum atomic E-state index is 0.0927. The molecule has 1 atom stereocenters. The monoisotopic (exact) mass is 785 g/mol. The van der Waals surface area contributed by atoms with Gasteiger partial charge in [-0.3, -0.25) is 0 Å². The zero-order chi connectivity index (χ0) is 38.0. The van der Waals surface area contributed by atoms with E-state index in [9.17, 15) is 0 Å². The van der Waals surface area contributed by atoms with Crippen molar-refractivity contribution in [1.82, 2.24) is 5.32 Å². The molecule has 0 radical (unpaired) electrons. The molecule has 4 heterocycles. The second-order valence-corrected chi connectivity index (χ2v) is 19.5. The van der Waals surface area contributed by atoms with Crippen LogP contribution in [-0.2, 0) is 11.8 Å². The Hall–Kier alpha value is -3.86. The van der Waals surface area contributed by atoms with E-state index >= 15 is 0 Å². The van der Waals surface area contributed by atoms with Crippen molar-refractivity contribution in [2.75, 3.05) is 13.2 Å². The van der Waals surface area contributed by atoms with Crippen LogP contribution in [-0.4, -0.2) is 13.2 Å². The average molecular weight is 786 g/mol. The number of hydrogen-bond acceptors (Lipinski definition) is 6. The van der Waals surface area contributed by atoms with Crippen LogP contribution in [0.4, 0.5) is 0 Å². The second kappa shape index (κ2) is 16.5. The third-order valence-corrected chi connectivity index (χ3v) is 15.8. The van der Waals surface area contributed by atoms with Gasteiger partial charge in [-0.15, -0.1) is 57.2 Å². The molecule has 0 aliphatic rings. The summed E-state index contributed by atoms with van der Waals surface area (Å²) in [4.78, 5) is 7.99. The lowest BCUT2D eigenvalue weighted by Crippen LogP contribution is -2.18. The fourth-order valence-corrected chi connectivity index (χ4v) is 11.9. The fourth-order valence-electron chi connectivity index (χ4n) is 7.02. The summed E-state index contributed by atoms with van der Waals surface area (Å²) in [5.41, 5.74) is 5.15. The van der Waals surface area contributed by atoms with Crippen molar-refractivity contribution >= 4 is 82.0 Å². The number of thiophene rings is 4. The SMILES string of the molecule is C=C(NCCCCc1ccc(OCC(C)C)cc1)c1ccc(-c2cc3c(C)cc4c(cc(C)c5cc(-c6ccc(C(C)(CC)CC#CC)s6)sc54)c3s2)s1. The molecule has 7 aromatic rings. The third-order valence-electron chi connectivity index (χ3n) is 10.6. The first-order valence-electron chi connectivity index (χ1n) is 19.2. The first kappa shape index (κ1) is 38.4. The maximum absolute atomic E-state index is 5.83. The summed E-state index contributed by atoms with van der Waals surface area (Å²) in [6.07, 6.45) is 5.30. The first-order valence-corrected chi connectivity index (χ1v) is 22.5. The third kappa shape index (κ3) is 8.07. The molecule has 0 spiro atoms. The van der Waals surface area contributed by atoms with Gasteiger partial charge in [0.05, 0.1) is 11.5 Å². The van der Waals surface area contributed by atoms with Crippen molar-refractivity contribution < 1.29 is 4.74 Å². The zero-order valence-corrected chi connectivity index (χ0v) is 36.0. The van der Waals surface area contributed by atoms with E-state index in [0.717, 1.165) is 56.7 Å². The molecule has 7 rings (SSSR count). The van der Waals surface area contributed by atoms with E-state index in [1.165, 1.54) is 76.9 Å². The van der Waals surface area contributed by atoms with E-state index in [-0.39, 0.29) is 5.41 Å². The van der Waals surface area contributed by atoms with E-state index < -0.39 is 0 Å². The Labute approximate surface area is 337 Å². The van der Waals surface area contributed by atoms with Gasteiger partial charge in [0.15, 0.2) is 0 Å². The molecule has 0 aliphatic heterocycles. The van der Waals surface area contributed by atoms with Crippen molar-refractivity contribution in [2.24, 2.45) is 5.92 Å². The van der Waals surface area contributed by atoms with Gasteiger partial charge in [-0.1, -0.05) is 46.4 Å². The molecule has 3 aromatic carbocycles. The van der Waals surface area contributed by atoms with Crippen LogP contribution < -0.4 is 10.1 Å². The minimum absolute atomic E-state index is 0.0927. The highest BCUT2D eigenvalue weighted by Crippen LogP contribution is 2.48. The second-order valence-electron chi connectivity index (χ2n) is 15.2. The Balaban J connectivity index is 1.05. The largest absolute Gasteiger partial charge is 0.493 e. The van der Waals surface area contributed by atoms with Gasteiger partial charge in [0.2, 0.25) is 0 Å². The Morgan fingerprint density at radius 1 is 0.778 bits per heavy atom. The number of rotatable bonds is 15. The number of hydrogen-bond donors (Lipinski definition) is 1. The predicted octanol–water partition coefficient (Wildman–Crippen LogP) is 15.0. The molecule has 1 N–H and O–H groups in total. The molecule has 2 nitrogen and oxygen atoms in total. The van der Waals surface area contributed by atoms with Crippen LogP contribution in [0.25, 0.3) is 56.2 Å². The van der Waals surface area contributed by atoms with E-state index in [1.54, 1.807) is 0 Å². The highest BCUT2D eigenvalue weighted by molar-refractivity contribution is 7.28. The number of benzene rings is 3. The molecule has 0 saturated carbocycles. The van der Waals surface area contributed by atoms with E-state index in [4.69, 9.17) is 4.74 Å². The number of ether oxygens (including phenoxy) is 1. The average Bonchev–Trinajstić information content (AvgIpc) is 4.00. The lowest BCUT2D eigenvalue weighted by molar-refractivity contribution is 0.271. The highest BCUT2D eigenvalue weighted by Gasteiger charge is 2.26. The molecular formula is C48H51NOS4. The van der Waals surface area contributed by atoms with Gasteiger partial charge in [-0.2, -0.15) is 0 Å². The smallest absolute Gasteiger partial charge is 0.119 e. The maximum atomic E-state index is 5.83. The zero-order valence-electron chi connectivity index (χ0n) is 32.7. The molecule has 1 unspecified atom stereocenters. The minimum Gasteiger partial charge on any atom is -0.493 e. The molecule has 0 amide bonds. The summed E-state index contributed by atoms with van der Waals surface area (Å²) >= 11 is 7.66. The summed E-state index contributed by atoms with van der Waals surface area (Å²) in [6.45, 7) is 21.6. The van der Waals surface area contributed by atoms with E-state index in [0.29, 0.717) is 5.92 Å². The van der Waals surface area contributed by atoms with Crippen molar-refractivity contribution in [3.8, 4) is 37.1 Å². The normalized spacial score (nSPS) is 12.7. The molecule has 4 aromatic heterocycles. The van der Waals surface area contributed by atoms with Gasteiger partial charge in [-0.25, -0.2) is 0 Å². The number of nitrogens with one attached hydrogen (secondary N) is 1. The highest BCUT2D eigenvalue weighted by atomic mass is 32.1. The molecule has 0 fully saturated rings. The first-order chi connectivity index (χ1) is 26.1. The van der Waals surface area contributed by atoms with Gasteiger partial charge in [0, 0.05) is 68.6 Å². The van der Waals surface area contributed by atoms with Crippen LogP contribution in [0.15, 0.2) is 79.4 Å². The number of unbranched alkanes of at least 4 members (excludes halogenated alkanes) is 1. The number of fused-ring (bicyclic) bond motifs is 5. The Bertz CT molecular complexity index is 2490. The molecule has 6 heteroatoms. The van der Waals surface area contributed by atoms with Crippen LogP contribution in [0.3, 0.4) is 0 Å². The lowest BCUT2D eigenvalue weighted by Gasteiger charge is -2.24. The summed E-state index contributed by atoms with van der Waals surface area (Å²) in [6, 6.07) is 27.4. The molecule has 278 valence electrons. The van der Waals surface area contributed by atoms with E-state index in [1.807, 2.05) is 52.3 Å². The van der Waals surface area contributed by atoms with Gasteiger partial charge < -0.3 is 10.1 Å². The molecule has 0 aliphatic carbocycles. The van der Waals surface area contributed by atoms with E-state index in [2.05, 4.69) is 138 Å². The van der Waals surface area contributed by atoms with Crippen LogP contribution in [0.1, 0.15) is 86.7 Å². The fraction of sp³-hybridized carbons (Fsp3) is 0.333. The van der Waals surface area contributed by atoms with Gasteiger partial charge >= 0.3 is 0 Å². The quantitative estimate of drug-likeness (QED) is 0.0826. The number of aryl methyl sites for hydroxylation is 3. The molecule has 0 bridgehead atoms. The Morgan fingerprint density at radius 2 is 1.41 bits per heavy atom. The lowest BCUT2D eigenvalue weighted by atomic mass is 9.83. The maximum Gasteiger partial charge on any atom is 0.119 e. The van der Waals surface area contributed by atoms with Crippen LogP contribution in [0.5, 0.6) is 5.75 Å². The molecular weight excluding hydrogens is 735 g/mol. The Kier molecular flexibility index (Phi) is 11.7. The van der Waals surface area contributed by atoms with Gasteiger partial charge in [-0.05, 0) is 140 Å². The Morgan fingerprint density at radius 3 is 2.02 bits per heavy atom. The van der Waals surface area contributed by atoms with Crippen molar-refractivity contribution in [2.45, 2.75) is 86.0 Å². The van der Waals surface area contributed by atoms with Crippen LogP contribution in [0.2, 0.25) is 0 Å². The topological polar surface area (TPSA) is 21.3 Å². The molecule has 54 heavy (non-hydrogen) atoms. The van der Waals surface area contributed by atoms with Crippen molar-refractivity contribution in [3.05, 3.63) is 106 Å². The molecule has 0 saturated heterocycles.